The van der Waals surface area contributed by atoms with Crippen LogP contribution in [0.2, 0.25) is 0 Å². The van der Waals surface area contributed by atoms with Gasteiger partial charge in [-0.15, -0.1) is 0 Å². The Bertz CT molecular complexity index is 650. The van der Waals surface area contributed by atoms with Crippen LogP contribution in [0.1, 0.15) is 60.8 Å². The number of hydrogen-bond donors (Lipinski definition) is 1. The van der Waals surface area contributed by atoms with Gasteiger partial charge in [0, 0.05) is 43.0 Å². The predicted octanol–water partition coefficient (Wildman–Crippen LogP) is 1.84. The minimum Gasteiger partial charge on any atom is -0.399 e. The molecule has 2 fully saturated rings. The number of hydrogen-bond acceptors (Lipinski definition) is 7. The van der Waals surface area contributed by atoms with Crippen molar-refractivity contribution in [2.75, 3.05) is 31.1 Å². The Morgan fingerprint density at radius 2 is 1.79 bits per heavy atom. The molecule has 29 heavy (non-hydrogen) atoms. The van der Waals surface area contributed by atoms with E-state index in [1.807, 2.05) is 40.1 Å². The van der Waals surface area contributed by atoms with Gasteiger partial charge in [-0.25, -0.2) is 9.97 Å². The summed E-state index contributed by atoms with van der Waals surface area (Å²) in [5.74, 6) is 0.731. The van der Waals surface area contributed by atoms with Crippen LogP contribution in [0.3, 0.4) is 0 Å². The van der Waals surface area contributed by atoms with Crippen LogP contribution in [-0.4, -0.2) is 76.6 Å². The second-order valence-corrected chi connectivity index (χ2v) is 9.56. The molecule has 3 heterocycles. The fraction of sp³-hybridized carbons (Fsp3) is 0.810. The number of aromatic nitrogens is 2. The number of rotatable bonds is 7. The molecule has 0 amide bonds. The minimum atomic E-state index is -0.444. The molecule has 2 saturated heterocycles. The summed E-state index contributed by atoms with van der Waals surface area (Å²) < 4.78 is 12.2. The van der Waals surface area contributed by atoms with E-state index in [0.717, 1.165) is 37.5 Å². The number of likely N-dealkylation sites (tertiary alicyclic amines) is 1. The van der Waals surface area contributed by atoms with E-state index in [0.29, 0.717) is 6.04 Å². The third-order valence-corrected chi connectivity index (χ3v) is 6.61. The zero-order valence-corrected chi connectivity index (χ0v) is 18.9. The largest absolute Gasteiger partial charge is 0.498 e. The molecule has 1 aromatic rings. The average Bonchev–Trinajstić information content (AvgIpc) is 2.88. The molecule has 0 radical (unpaired) electrons. The van der Waals surface area contributed by atoms with Crippen LogP contribution in [-0.2, 0) is 9.31 Å². The molecule has 0 saturated carbocycles. The number of β-amino-alcohol motifs (C(OH)–C–C–N with tert-alkyl or cyclic N) is 1. The van der Waals surface area contributed by atoms with Gasteiger partial charge in [-0.2, -0.15) is 0 Å². The molecule has 2 aliphatic heterocycles. The van der Waals surface area contributed by atoms with Gasteiger partial charge in [0.05, 0.1) is 17.8 Å². The summed E-state index contributed by atoms with van der Waals surface area (Å²) in [5.41, 5.74) is 0.0882. The molecule has 1 unspecified atom stereocenters. The number of anilines is 1. The lowest BCUT2D eigenvalue weighted by molar-refractivity contribution is 0.00578. The van der Waals surface area contributed by atoms with Crippen molar-refractivity contribution < 1.29 is 14.4 Å². The second kappa shape index (κ2) is 8.88. The molecular weight excluding hydrogens is 367 g/mol. The topological polar surface area (TPSA) is 71.0 Å². The van der Waals surface area contributed by atoms with E-state index in [-0.39, 0.29) is 23.9 Å². The molecule has 0 spiro atoms. The molecule has 2 aliphatic rings. The fourth-order valence-electron chi connectivity index (χ4n) is 4.02. The number of aliphatic hydroxyl groups is 1. The van der Waals surface area contributed by atoms with Crippen molar-refractivity contribution >= 4 is 18.5 Å². The normalized spacial score (nSPS) is 24.3. The first kappa shape index (κ1) is 22.5. The highest BCUT2D eigenvalue weighted by atomic mass is 16.7. The van der Waals surface area contributed by atoms with Crippen LogP contribution in [0.4, 0.5) is 5.95 Å². The Labute approximate surface area is 175 Å². The Kier molecular flexibility index (Phi) is 6.88. The maximum atomic E-state index is 9.40. The molecule has 7 nitrogen and oxygen atoms in total. The highest BCUT2D eigenvalue weighted by Crippen LogP contribution is 2.36. The van der Waals surface area contributed by atoms with Crippen molar-refractivity contribution in [1.82, 2.24) is 14.9 Å². The SMILES string of the molecule is CC(C)N(CC1CCCCN1CCO)c1ncc(B2OC(C)(C)C(C)(C)O2)cn1. The summed E-state index contributed by atoms with van der Waals surface area (Å²) in [7, 11) is -0.444. The molecule has 0 bridgehead atoms. The Morgan fingerprint density at radius 1 is 1.17 bits per heavy atom. The second-order valence-electron chi connectivity index (χ2n) is 9.56. The standard InChI is InChI=1S/C21H37BN4O3/c1-16(2)26(15-18-9-7-8-10-25(18)11-12-27)19-23-13-17(14-24-19)22-28-20(3,4)21(5,6)29-22/h13-14,16,18,27H,7-12,15H2,1-6H3. The third kappa shape index (κ3) is 4.93. The molecule has 3 rings (SSSR count). The molecule has 162 valence electrons. The number of piperidine rings is 1. The van der Waals surface area contributed by atoms with Gasteiger partial charge in [-0.05, 0) is 60.9 Å². The van der Waals surface area contributed by atoms with Gasteiger partial charge in [0.15, 0.2) is 0 Å². The summed E-state index contributed by atoms with van der Waals surface area (Å²) in [6.07, 6.45) is 7.24. The van der Waals surface area contributed by atoms with Crippen molar-refractivity contribution in [2.45, 2.75) is 84.1 Å². The summed E-state index contributed by atoms with van der Waals surface area (Å²) in [6.45, 7) is 15.4. The van der Waals surface area contributed by atoms with E-state index in [1.165, 1.54) is 12.8 Å². The highest BCUT2D eigenvalue weighted by molar-refractivity contribution is 6.61. The third-order valence-electron chi connectivity index (χ3n) is 6.61. The van der Waals surface area contributed by atoms with Gasteiger partial charge >= 0.3 is 7.12 Å². The molecule has 8 heteroatoms. The fourth-order valence-corrected chi connectivity index (χ4v) is 4.02. The van der Waals surface area contributed by atoms with Crippen LogP contribution in [0.25, 0.3) is 0 Å². The van der Waals surface area contributed by atoms with Crippen LogP contribution in [0, 0.1) is 0 Å². The van der Waals surface area contributed by atoms with Crippen LogP contribution >= 0.6 is 0 Å². The van der Waals surface area contributed by atoms with Crippen LogP contribution in [0.15, 0.2) is 12.4 Å². The van der Waals surface area contributed by atoms with Crippen LogP contribution < -0.4 is 10.4 Å². The first-order chi connectivity index (χ1) is 13.6. The zero-order valence-electron chi connectivity index (χ0n) is 18.9. The summed E-state index contributed by atoms with van der Waals surface area (Å²) >= 11 is 0. The summed E-state index contributed by atoms with van der Waals surface area (Å²) in [6, 6.07) is 0.709. The van der Waals surface area contributed by atoms with Crippen molar-refractivity contribution in [1.29, 1.82) is 0 Å². The summed E-state index contributed by atoms with van der Waals surface area (Å²) in [5, 5.41) is 9.40. The van der Waals surface area contributed by atoms with E-state index in [4.69, 9.17) is 9.31 Å². The van der Waals surface area contributed by atoms with Gasteiger partial charge in [0.1, 0.15) is 0 Å². The molecule has 0 aliphatic carbocycles. The number of aliphatic hydroxyl groups excluding tert-OH is 1. The quantitative estimate of drug-likeness (QED) is 0.696. The Balaban J connectivity index is 1.72. The van der Waals surface area contributed by atoms with Crippen molar-refractivity contribution in [2.24, 2.45) is 0 Å². The Hall–Kier alpha value is -1.22. The van der Waals surface area contributed by atoms with E-state index >= 15 is 0 Å². The Morgan fingerprint density at radius 3 is 2.34 bits per heavy atom. The van der Waals surface area contributed by atoms with Gasteiger partial charge in [-0.1, -0.05) is 6.42 Å². The maximum absolute atomic E-state index is 9.40. The van der Waals surface area contributed by atoms with E-state index < -0.39 is 7.12 Å². The van der Waals surface area contributed by atoms with Gasteiger partial charge in [-0.3, -0.25) is 4.90 Å². The average molecular weight is 404 g/mol. The first-order valence-corrected chi connectivity index (χ1v) is 10.9. The molecular formula is C21H37BN4O3. The first-order valence-electron chi connectivity index (χ1n) is 10.9. The molecule has 1 N–H and O–H groups in total. The predicted molar refractivity (Wildman–Crippen MR) is 117 cm³/mol. The van der Waals surface area contributed by atoms with Gasteiger partial charge in [0.25, 0.3) is 0 Å². The minimum absolute atomic E-state index is 0.206. The van der Waals surface area contributed by atoms with Crippen molar-refractivity contribution in [3.05, 3.63) is 12.4 Å². The lowest BCUT2D eigenvalue weighted by Gasteiger charge is -2.39. The van der Waals surface area contributed by atoms with Crippen molar-refractivity contribution in [3.8, 4) is 0 Å². The highest BCUT2D eigenvalue weighted by Gasteiger charge is 2.52. The zero-order chi connectivity index (χ0) is 21.2. The molecule has 0 aromatic carbocycles. The number of nitrogens with zero attached hydrogens (tertiary/aromatic N) is 4. The molecule has 1 aromatic heterocycles. The van der Waals surface area contributed by atoms with Crippen molar-refractivity contribution in [3.63, 3.8) is 0 Å². The van der Waals surface area contributed by atoms with Gasteiger partial charge < -0.3 is 19.3 Å². The molecule has 1 atom stereocenters. The lowest BCUT2D eigenvalue weighted by Crippen LogP contribution is -2.50. The monoisotopic (exact) mass is 404 g/mol. The lowest BCUT2D eigenvalue weighted by atomic mass is 9.81. The van der Waals surface area contributed by atoms with Gasteiger partial charge in [0.2, 0.25) is 5.95 Å². The smallest absolute Gasteiger partial charge is 0.399 e. The summed E-state index contributed by atoms with van der Waals surface area (Å²) in [4.78, 5) is 14.0. The van der Waals surface area contributed by atoms with E-state index in [1.54, 1.807) is 0 Å². The maximum Gasteiger partial charge on any atom is 0.498 e. The van der Waals surface area contributed by atoms with E-state index in [2.05, 4.69) is 33.6 Å². The van der Waals surface area contributed by atoms with E-state index in [9.17, 15) is 5.11 Å². The van der Waals surface area contributed by atoms with Crippen LogP contribution in [0.5, 0.6) is 0 Å².